The van der Waals surface area contributed by atoms with Crippen LogP contribution < -0.4 is 0 Å². The third kappa shape index (κ3) is 3.87. The second-order valence-electron chi connectivity index (χ2n) is 7.72. The van der Waals surface area contributed by atoms with Crippen LogP contribution in [0, 0.1) is 35.2 Å². The van der Waals surface area contributed by atoms with E-state index in [1.165, 1.54) is 37.8 Å². The molecule has 2 aliphatic carbocycles. The quantitative estimate of drug-likeness (QED) is 0.421. The van der Waals surface area contributed by atoms with Crippen molar-refractivity contribution in [1.29, 1.82) is 0 Å². The summed E-state index contributed by atoms with van der Waals surface area (Å²) in [6.45, 7) is 3.84. The van der Waals surface area contributed by atoms with Crippen molar-refractivity contribution >= 4 is 0 Å². The molecule has 3 rings (SSSR count). The first kappa shape index (κ1) is 17.6. The van der Waals surface area contributed by atoms with Crippen LogP contribution in [0.2, 0.25) is 0 Å². The first-order valence-electron chi connectivity index (χ1n) is 9.33. The summed E-state index contributed by atoms with van der Waals surface area (Å²) >= 11 is 0. The standard InChI is InChI=1S/C21H27F3/c1-2-3-14-4-6-15(7-5-14)16-8-10-17(11-9-16)18-12-19(22)21(24)20(23)13-18/h2,12-17H,1,3-11H2. The molecule has 0 nitrogen and oxygen atoms in total. The lowest BCUT2D eigenvalue weighted by Gasteiger charge is -2.38. The molecule has 24 heavy (non-hydrogen) atoms. The van der Waals surface area contributed by atoms with E-state index in [1.54, 1.807) is 0 Å². The summed E-state index contributed by atoms with van der Waals surface area (Å²) in [7, 11) is 0. The zero-order valence-electron chi connectivity index (χ0n) is 14.2. The van der Waals surface area contributed by atoms with Crippen molar-refractivity contribution in [2.75, 3.05) is 0 Å². The van der Waals surface area contributed by atoms with Crippen molar-refractivity contribution < 1.29 is 13.2 Å². The van der Waals surface area contributed by atoms with Crippen LogP contribution in [0.4, 0.5) is 13.2 Å². The molecule has 0 aromatic heterocycles. The first-order chi connectivity index (χ1) is 11.6. The van der Waals surface area contributed by atoms with Crippen LogP contribution >= 0.6 is 0 Å². The SMILES string of the molecule is C=CCC1CCC(C2CCC(c3cc(F)c(F)c(F)c3)CC2)CC1. The van der Waals surface area contributed by atoms with Crippen molar-refractivity contribution in [3.63, 3.8) is 0 Å². The van der Waals surface area contributed by atoms with Gasteiger partial charge >= 0.3 is 0 Å². The Bertz CT molecular complexity index is 541. The predicted molar refractivity (Wildman–Crippen MR) is 91.3 cm³/mol. The average molecular weight is 336 g/mol. The molecule has 0 N–H and O–H groups in total. The zero-order chi connectivity index (χ0) is 17.1. The first-order valence-corrected chi connectivity index (χ1v) is 9.33. The highest BCUT2D eigenvalue weighted by Crippen LogP contribution is 2.44. The van der Waals surface area contributed by atoms with Crippen molar-refractivity contribution in [1.82, 2.24) is 0 Å². The van der Waals surface area contributed by atoms with Gasteiger partial charge in [0.05, 0.1) is 0 Å². The van der Waals surface area contributed by atoms with Crippen LogP contribution in [0.1, 0.15) is 69.3 Å². The Balaban J connectivity index is 1.54. The molecular formula is C21H27F3. The van der Waals surface area contributed by atoms with E-state index in [2.05, 4.69) is 6.58 Å². The summed E-state index contributed by atoms with van der Waals surface area (Å²) in [5, 5.41) is 0. The summed E-state index contributed by atoms with van der Waals surface area (Å²) in [6.07, 6.45) is 12.6. The van der Waals surface area contributed by atoms with E-state index in [0.717, 1.165) is 49.9 Å². The lowest BCUT2D eigenvalue weighted by molar-refractivity contribution is 0.160. The van der Waals surface area contributed by atoms with Crippen molar-refractivity contribution in [2.24, 2.45) is 17.8 Å². The van der Waals surface area contributed by atoms with Gasteiger partial charge in [-0.25, -0.2) is 13.2 Å². The Morgan fingerprint density at radius 1 is 0.833 bits per heavy atom. The summed E-state index contributed by atoms with van der Waals surface area (Å²) in [5.41, 5.74) is 0.625. The lowest BCUT2D eigenvalue weighted by Crippen LogP contribution is -2.25. The maximum Gasteiger partial charge on any atom is 0.194 e. The van der Waals surface area contributed by atoms with Crippen LogP contribution in [0.15, 0.2) is 24.8 Å². The lowest BCUT2D eigenvalue weighted by atomic mass is 9.68. The number of hydrogen-bond donors (Lipinski definition) is 0. The molecule has 132 valence electrons. The number of hydrogen-bond acceptors (Lipinski definition) is 0. The van der Waals surface area contributed by atoms with Crippen LogP contribution in [-0.2, 0) is 0 Å². The van der Waals surface area contributed by atoms with Crippen LogP contribution in [0.25, 0.3) is 0 Å². The van der Waals surface area contributed by atoms with Crippen molar-refractivity contribution in [2.45, 2.75) is 63.7 Å². The molecule has 0 saturated heterocycles. The molecule has 0 atom stereocenters. The monoisotopic (exact) mass is 336 g/mol. The molecule has 2 saturated carbocycles. The summed E-state index contributed by atoms with van der Waals surface area (Å²) in [6, 6.07) is 2.37. The van der Waals surface area contributed by atoms with Crippen molar-refractivity contribution in [3.05, 3.63) is 47.8 Å². The number of rotatable bonds is 4. The van der Waals surface area contributed by atoms with E-state index in [0.29, 0.717) is 5.56 Å². The van der Waals surface area contributed by atoms with Gasteiger partial charge in [0.2, 0.25) is 0 Å². The molecule has 2 fully saturated rings. The highest BCUT2D eigenvalue weighted by molar-refractivity contribution is 5.23. The Kier molecular flexibility index (Phi) is 5.68. The van der Waals surface area contributed by atoms with E-state index in [9.17, 15) is 13.2 Å². The van der Waals surface area contributed by atoms with Gasteiger partial charge in [-0.3, -0.25) is 0 Å². The molecule has 0 aliphatic heterocycles. The molecule has 0 bridgehead atoms. The van der Waals surface area contributed by atoms with Gasteiger partial charge in [-0.05, 0) is 99.2 Å². The van der Waals surface area contributed by atoms with Crippen LogP contribution in [0.3, 0.4) is 0 Å². The molecule has 0 amide bonds. The zero-order valence-corrected chi connectivity index (χ0v) is 14.2. The number of halogens is 3. The summed E-state index contributed by atoms with van der Waals surface area (Å²) in [4.78, 5) is 0. The Morgan fingerprint density at radius 2 is 1.33 bits per heavy atom. The molecule has 1 aromatic carbocycles. The average Bonchev–Trinajstić information content (AvgIpc) is 2.60. The molecule has 1 aromatic rings. The Morgan fingerprint density at radius 3 is 1.83 bits per heavy atom. The third-order valence-electron chi connectivity index (χ3n) is 6.31. The fourth-order valence-corrected chi connectivity index (χ4v) is 4.87. The Labute approximate surface area is 143 Å². The minimum atomic E-state index is -1.36. The van der Waals surface area contributed by atoms with Crippen LogP contribution in [-0.4, -0.2) is 0 Å². The molecule has 2 aliphatic rings. The fourth-order valence-electron chi connectivity index (χ4n) is 4.87. The second kappa shape index (κ2) is 7.76. The third-order valence-corrected chi connectivity index (χ3v) is 6.31. The second-order valence-corrected chi connectivity index (χ2v) is 7.72. The molecule has 0 unspecified atom stereocenters. The van der Waals surface area contributed by atoms with E-state index in [1.807, 2.05) is 6.08 Å². The maximum absolute atomic E-state index is 13.4. The topological polar surface area (TPSA) is 0 Å². The van der Waals surface area contributed by atoms with E-state index in [4.69, 9.17) is 0 Å². The van der Waals surface area contributed by atoms with E-state index < -0.39 is 17.5 Å². The molecule has 0 radical (unpaired) electrons. The highest BCUT2D eigenvalue weighted by atomic mass is 19.2. The van der Waals surface area contributed by atoms with E-state index in [-0.39, 0.29) is 5.92 Å². The normalized spacial score (nSPS) is 31.0. The van der Waals surface area contributed by atoms with Gasteiger partial charge in [-0.15, -0.1) is 6.58 Å². The van der Waals surface area contributed by atoms with Gasteiger partial charge in [0.1, 0.15) is 0 Å². The van der Waals surface area contributed by atoms with Gasteiger partial charge in [0.15, 0.2) is 17.5 Å². The molecular weight excluding hydrogens is 309 g/mol. The molecule has 0 heterocycles. The van der Waals surface area contributed by atoms with Crippen molar-refractivity contribution in [3.8, 4) is 0 Å². The van der Waals surface area contributed by atoms with E-state index >= 15 is 0 Å². The largest absolute Gasteiger partial charge is 0.204 e. The van der Waals surface area contributed by atoms with Crippen LogP contribution in [0.5, 0.6) is 0 Å². The Hall–Kier alpha value is -1.25. The fraction of sp³-hybridized carbons (Fsp3) is 0.619. The van der Waals surface area contributed by atoms with Gasteiger partial charge in [0.25, 0.3) is 0 Å². The maximum atomic E-state index is 13.4. The number of benzene rings is 1. The number of allylic oxidation sites excluding steroid dienone is 1. The van der Waals surface area contributed by atoms with Gasteiger partial charge in [-0.1, -0.05) is 6.08 Å². The predicted octanol–water partition coefficient (Wildman–Crippen LogP) is 6.76. The summed E-state index contributed by atoms with van der Waals surface area (Å²) < 4.78 is 40.0. The minimum Gasteiger partial charge on any atom is -0.204 e. The van der Waals surface area contributed by atoms with Gasteiger partial charge < -0.3 is 0 Å². The minimum absolute atomic E-state index is 0.169. The molecule has 0 spiro atoms. The van der Waals surface area contributed by atoms with Gasteiger partial charge in [-0.2, -0.15) is 0 Å². The van der Waals surface area contributed by atoms with Gasteiger partial charge in [0, 0.05) is 0 Å². The highest BCUT2D eigenvalue weighted by Gasteiger charge is 2.31. The smallest absolute Gasteiger partial charge is 0.194 e. The molecule has 3 heteroatoms. The summed E-state index contributed by atoms with van der Waals surface area (Å²) in [5.74, 6) is -0.929.